The van der Waals surface area contributed by atoms with Crippen LogP contribution in [0, 0.1) is 0 Å². The summed E-state index contributed by atoms with van der Waals surface area (Å²) in [6.07, 6.45) is 1.01. The van der Waals surface area contributed by atoms with E-state index in [4.69, 9.17) is 5.73 Å². The van der Waals surface area contributed by atoms with Crippen LogP contribution in [0.4, 0.5) is 0 Å². The van der Waals surface area contributed by atoms with Gasteiger partial charge in [-0.05, 0) is 58.7 Å². The molecule has 70 valence electrons. The maximum Gasteiger partial charge on any atom is -0.00398 e. The molecule has 0 saturated heterocycles. The number of rotatable bonds is 3. The molecule has 0 atom stereocenters. The van der Waals surface area contributed by atoms with Crippen LogP contribution in [0.15, 0.2) is 22.3 Å². The molecular weight excluding hydrogens is 146 g/mol. The first-order valence-corrected chi connectivity index (χ1v) is 4.51. The van der Waals surface area contributed by atoms with Gasteiger partial charge in [-0.1, -0.05) is 11.1 Å². The molecule has 0 aromatic heterocycles. The van der Waals surface area contributed by atoms with E-state index in [1.54, 1.807) is 0 Å². The summed E-state index contributed by atoms with van der Waals surface area (Å²) < 4.78 is 0. The van der Waals surface area contributed by atoms with Crippen molar-refractivity contribution in [2.24, 2.45) is 5.73 Å². The summed E-state index contributed by atoms with van der Waals surface area (Å²) in [5, 5.41) is 0. The summed E-state index contributed by atoms with van der Waals surface area (Å²) >= 11 is 0. The van der Waals surface area contributed by atoms with E-state index >= 15 is 0 Å². The van der Waals surface area contributed by atoms with Gasteiger partial charge in [-0.15, -0.1) is 0 Å². The second-order valence-corrected chi connectivity index (χ2v) is 3.57. The van der Waals surface area contributed by atoms with Gasteiger partial charge < -0.3 is 5.73 Å². The monoisotopic (exact) mass is 167 g/mol. The minimum Gasteiger partial charge on any atom is -0.330 e. The lowest BCUT2D eigenvalue weighted by Gasteiger charge is -2.09. The van der Waals surface area contributed by atoms with Crippen LogP contribution in [0.25, 0.3) is 0 Å². The summed E-state index contributed by atoms with van der Waals surface area (Å²) in [6, 6.07) is 0. The highest BCUT2D eigenvalue weighted by atomic mass is 14.5. The molecule has 0 amide bonds. The molecule has 0 fully saturated rings. The fourth-order valence-corrected chi connectivity index (χ4v) is 1.10. The Morgan fingerprint density at radius 3 is 1.75 bits per heavy atom. The van der Waals surface area contributed by atoms with Crippen LogP contribution in [-0.2, 0) is 0 Å². The molecule has 0 aromatic carbocycles. The summed E-state index contributed by atoms with van der Waals surface area (Å²) in [7, 11) is 0. The Bertz CT molecular complexity index is 205. The molecule has 0 radical (unpaired) electrons. The van der Waals surface area contributed by atoms with Crippen LogP contribution in [-0.4, -0.2) is 6.54 Å². The number of nitrogens with two attached hydrogens (primary N) is 1. The van der Waals surface area contributed by atoms with Crippen molar-refractivity contribution >= 4 is 0 Å². The zero-order chi connectivity index (χ0) is 9.72. The molecule has 0 aromatic rings. The maximum absolute atomic E-state index is 5.49. The second-order valence-electron chi connectivity index (χ2n) is 3.57. The van der Waals surface area contributed by atoms with Crippen molar-refractivity contribution in [3.05, 3.63) is 22.3 Å². The van der Waals surface area contributed by atoms with Crippen LogP contribution in [0.1, 0.15) is 41.0 Å². The molecule has 2 N–H and O–H groups in total. The summed E-state index contributed by atoms with van der Waals surface area (Å²) in [5.41, 5.74) is 11.1. The molecule has 0 aliphatic rings. The van der Waals surface area contributed by atoms with Crippen molar-refractivity contribution in [3.8, 4) is 0 Å². The smallest absolute Gasteiger partial charge is 0.00398 e. The van der Waals surface area contributed by atoms with Crippen LogP contribution >= 0.6 is 0 Å². The Balaban J connectivity index is 4.67. The number of hydrogen-bond acceptors (Lipinski definition) is 1. The molecule has 0 saturated carbocycles. The first kappa shape index (κ1) is 11.4. The summed E-state index contributed by atoms with van der Waals surface area (Å²) in [4.78, 5) is 0. The third-order valence-corrected chi connectivity index (χ3v) is 2.47. The third-order valence-electron chi connectivity index (χ3n) is 2.47. The van der Waals surface area contributed by atoms with Gasteiger partial charge in [0.25, 0.3) is 0 Å². The summed E-state index contributed by atoms with van der Waals surface area (Å²) in [6.45, 7) is 11.6. The fourth-order valence-electron chi connectivity index (χ4n) is 1.10. The van der Waals surface area contributed by atoms with E-state index in [-0.39, 0.29) is 0 Å². The maximum atomic E-state index is 5.49. The van der Waals surface area contributed by atoms with Crippen molar-refractivity contribution in [3.63, 3.8) is 0 Å². The Morgan fingerprint density at radius 2 is 1.42 bits per heavy atom. The zero-order valence-electron chi connectivity index (χ0n) is 8.99. The lowest BCUT2D eigenvalue weighted by Crippen LogP contribution is -2.00. The van der Waals surface area contributed by atoms with E-state index in [0.717, 1.165) is 13.0 Å². The molecule has 0 aliphatic heterocycles. The van der Waals surface area contributed by atoms with Gasteiger partial charge in [-0.25, -0.2) is 0 Å². The number of hydrogen-bond donors (Lipinski definition) is 1. The SMILES string of the molecule is CC(C)=C(C)/C(C)=C(\C)CCN. The van der Waals surface area contributed by atoms with Crippen molar-refractivity contribution in [2.45, 2.75) is 41.0 Å². The Labute approximate surface area is 76.3 Å². The van der Waals surface area contributed by atoms with E-state index in [1.165, 1.54) is 22.3 Å². The highest BCUT2D eigenvalue weighted by Gasteiger charge is 1.99. The van der Waals surface area contributed by atoms with Gasteiger partial charge in [-0.2, -0.15) is 0 Å². The molecule has 0 spiro atoms. The average Bonchev–Trinajstić information content (AvgIpc) is 2.02. The Hall–Kier alpha value is -0.560. The molecule has 1 heteroatoms. The van der Waals surface area contributed by atoms with Gasteiger partial charge in [0, 0.05) is 0 Å². The summed E-state index contributed by atoms with van der Waals surface area (Å²) in [5.74, 6) is 0. The van der Waals surface area contributed by atoms with E-state index < -0.39 is 0 Å². The van der Waals surface area contributed by atoms with E-state index in [9.17, 15) is 0 Å². The lowest BCUT2D eigenvalue weighted by atomic mass is 9.98. The first-order chi connectivity index (χ1) is 5.50. The van der Waals surface area contributed by atoms with Gasteiger partial charge >= 0.3 is 0 Å². The van der Waals surface area contributed by atoms with Gasteiger partial charge in [0.05, 0.1) is 0 Å². The normalized spacial score (nSPS) is 12.5. The van der Waals surface area contributed by atoms with E-state index in [1.807, 2.05) is 0 Å². The molecular formula is C11H21N. The topological polar surface area (TPSA) is 26.0 Å². The van der Waals surface area contributed by atoms with Crippen molar-refractivity contribution < 1.29 is 0 Å². The lowest BCUT2D eigenvalue weighted by molar-refractivity contribution is 0.931. The standard InChI is InChI=1S/C11H21N/c1-8(2)10(4)11(5)9(3)6-7-12/h6-7,12H2,1-5H3/b11-9+. The van der Waals surface area contributed by atoms with Gasteiger partial charge in [0.1, 0.15) is 0 Å². The highest BCUT2D eigenvalue weighted by Crippen LogP contribution is 2.18. The Kier molecular flexibility index (Phi) is 4.91. The minimum absolute atomic E-state index is 0.749. The largest absolute Gasteiger partial charge is 0.330 e. The minimum atomic E-state index is 0.749. The van der Waals surface area contributed by atoms with Crippen molar-refractivity contribution in [2.75, 3.05) is 6.54 Å². The van der Waals surface area contributed by atoms with E-state index in [2.05, 4.69) is 34.6 Å². The van der Waals surface area contributed by atoms with Gasteiger partial charge in [0.2, 0.25) is 0 Å². The van der Waals surface area contributed by atoms with Crippen molar-refractivity contribution in [1.82, 2.24) is 0 Å². The molecule has 0 heterocycles. The quantitative estimate of drug-likeness (QED) is 0.642. The molecule has 0 rings (SSSR count). The third kappa shape index (κ3) is 3.22. The van der Waals surface area contributed by atoms with Crippen molar-refractivity contribution in [1.29, 1.82) is 0 Å². The fraction of sp³-hybridized carbons (Fsp3) is 0.636. The number of allylic oxidation sites excluding steroid dienone is 3. The zero-order valence-corrected chi connectivity index (χ0v) is 8.99. The molecule has 0 unspecified atom stereocenters. The highest BCUT2D eigenvalue weighted by molar-refractivity contribution is 5.34. The predicted molar refractivity (Wildman–Crippen MR) is 56.1 cm³/mol. The molecule has 0 aliphatic carbocycles. The molecule has 12 heavy (non-hydrogen) atoms. The van der Waals surface area contributed by atoms with Crippen LogP contribution < -0.4 is 5.73 Å². The van der Waals surface area contributed by atoms with Gasteiger partial charge in [-0.3, -0.25) is 0 Å². The van der Waals surface area contributed by atoms with Crippen LogP contribution in [0.5, 0.6) is 0 Å². The molecule has 1 nitrogen and oxygen atoms in total. The van der Waals surface area contributed by atoms with Gasteiger partial charge in [0.15, 0.2) is 0 Å². The second kappa shape index (κ2) is 5.15. The molecule has 0 bridgehead atoms. The van der Waals surface area contributed by atoms with E-state index in [0.29, 0.717) is 0 Å². The average molecular weight is 167 g/mol. The Morgan fingerprint density at radius 1 is 0.917 bits per heavy atom. The van der Waals surface area contributed by atoms with Crippen LogP contribution in [0.2, 0.25) is 0 Å². The van der Waals surface area contributed by atoms with Crippen LogP contribution in [0.3, 0.4) is 0 Å². The first-order valence-electron chi connectivity index (χ1n) is 4.51. The predicted octanol–water partition coefficient (Wildman–Crippen LogP) is 3.03.